The maximum atomic E-state index is 15.1. The smallest absolute Gasteiger partial charge is 0.415 e. The third-order valence-electron chi connectivity index (χ3n) is 5.33. The van der Waals surface area contributed by atoms with E-state index in [9.17, 15) is 119 Å². The van der Waals surface area contributed by atoms with E-state index in [-0.39, 0.29) is 6.92 Å². The van der Waals surface area contributed by atoms with Gasteiger partial charge in [0.05, 0.1) is 0 Å². The minimum absolute atomic E-state index is 0.249. The van der Waals surface area contributed by atoms with Gasteiger partial charge in [-0.25, -0.2) is 9.18 Å². The van der Waals surface area contributed by atoms with Crippen LogP contribution in [0.2, 0.25) is 0 Å². The molecule has 0 aromatic heterocycles. The predicted octanol–water partition coefficient (Wildman–Crippen LogP) is 9.25. The first-order valence-corrected chi connectivity index (χ1v) is 9.82. The molecule has 2 nitrogen and oxygen atoms in total. The maximum absolute atomic E-state index is 15.1. The summed E-state index contributed by atoms with van der Waals surface area (Å²) in [6, 6.07) is 0. The van der Waals surface area contributed by atoms with E-state index in [1.807, 2.05) is 11.3 Å². The van der Waals surface area contributed by atoms with E-state index >= 15 is 4.39 Å². The van der Waals surface area contributed by atoms with Gasteiger partial charge in [0.25, 0.3) is 0 Å². The van der Waals surface area contributed by atoms with Crippen LogP contribution in [0, 0.1) is 0 Å². The van der Waals surface area contributed by atoms with E-state index in [4.69, 9.17) is 0 Å². The molecule has 0 aliphatic carbocycles. The highest BCUT2D eigenvalue weighted by Crippen LogP contribution is 2.69. The molecule has 2 unspecified atom stereocenters. The second-order valence-electron chi connectivity index (χ2n) is 8.51. The topological polar surface area (TPSA) is 26.3 Å². The molecule has 0 rings (SSSR count). The predicted molar refractivity (Wildman–Crippen MR) is 86.3 cm³/mol. The van der Waals surface area contributed by atoms with Gasteiger partial charge in [-0.2, -0.15) is 114 Å². The van der Waals surface area contributed by atoms with E-state index < -0.39 is 89.0 Å². The zero-order chi connectivity index (χ0) is 38.4. The molecule has 2 atom stereocenters. The van der Waals surface area contributed by atoms with E-state index in [0.717, 1.165) is 0 Å². The summed E-state index contributed by atoms with van der Waals surface area (Å²) in [7, 11) is 0. The van der Waals surface area contributed by atoms with Crippen molar-refractivity contribution in [3.05, 3.63) is 12.2 Å². The van der Waals surface area contributed by atoms with Crippen molar-refractivity contribution >= 4 is 5.97 Å². The van der Waals surface area contributed by atoms with Crippen LogP contribution in [0.3, 0.4) is 0 Å². The number of alkyl halides is 27. The van der Waals surface area contributed by atoms with E-state index in [0.29, 0.717) is 0 Å². The van der Waals surface area contributed by atoms with Crippen molar-refractivity contribution in [2.45, 2.75) is 84.4 Å². The molecule has 0 aliphatic rings. The standard InChI is InChI=1S/C17H5F27O2/c1-3(2)4(45)46-14(35,5(18,15(36,37)38)6(19,20)16(39,40)41)12(31,32)10(27,28)8(23,24)7(21,22)9(25,26)11(29,30)13(33,34)17(42,43)44/h1H2,2H3. The Hall–Kier alpha value is -2.68. The Kier molecular flexibility index (Phi) is 10.0. The Labute approximate surface area is 232 Å². The molecule has 0 aliphatic heterocycles. The van der Waals surface area contributed by atoms with Crippen LogP contribution in [-0.2, 0) is 9.53 Å². The third-order valence-corrected chi connectivity index (χ3v) is 5.33. The van der Waals surface area contributed by atoms with Crippen molar-refractivity contribution in [2.75, 3.05) is 0 Å². The van der Waals surface area contributed by atoms with Crippen LogP contribution in [0.5, 0.6) is 0 Å². The van der Waals surface area contributed by atoms with Crippen LogP contribution in [0.15, 0.2) is 12.2 Å². The number of hydrogen-bond donors (Lipinski definition) is 0. The minimum Gasteiger partial charge on any atom is -0.415 e. The Morgan fingerprint density at radius 1 is 0.391 bits per heavy atom. The fourth-order valence-corrected chi connectivity index (χ4v) is 2.69. The van der Waals surface area contributed by atoms with Gasteiger partial charge in [-0.05, 0) is 6.92 Å². The summed E-state index contributed by atoms with van der Waals surface area (Å²) in [6.45, 7) is 1.78. The van der Waals surface area contributed by atoms with Crippen molar-refractivity contribution in [2.24, 2.45) is 0 Å². The van der Waals surface area contributed by atoms with Gasteiger partial charge >= 0.3 is 83.4 Å². The summed E-state index contributed by atoms with van der Waals surface area (Å²) >= 11 is 0. The van der Waals surface area contributed by atoms with Crippen LogP contribution in [0.4, 0.5) is 119 Å². The normalized spacial score (nSPS) is 18.5. The van der Waals surface area contributed by atoms with Gasteiger partial charge < -0.3 is 4.74 Å². The number of hydrogen-bond acceptors (Lipinski definition) is 2. The molecule has 0 N–H and O–H groups in total. The zero-order valence-corrected chi connectivity index (χ0v) is 20.2. The van der Waals surface area contributed by atoms with Gasteiger partial charge in [-0.3, -0.25) is 0 Å². The van der Waals surface area contributed by atoms with Gasteiger partial charge in [0, 0.05) is 5.57 Å². The van der Waals surface area contributed by atoms with Crippen molar-refractivity contribution in [1.82, 2.24) is 0 Å². The number of carbonyl (C=O) groups is 1. The van der Waals surface area contributed by atoms with Gasteiger partial charge in [0.2, 0.25) is 0 Å². The monoisotopic (exact) mass is 754 g/mol. The Morgan fingerprint density at radius 2 is 0.630 bits per heavy atom. The maximum Gasteiger partial charge on any atom is 0.460 e. The minimum atomic E-state index is -9.90. The number of carbonyl (C=O) groups excluding carboxylic acids is 1. The number of esters is 1. The molecule has 0 heterocycles. The van der Waals surface area contributed by atoms with Gasteiger partial charge in [0.1, 0.15) is 0 Å². The number of ether oxygens (including phenoxy) is 1. The average molecular weight is 754 g/mol. The quantitative estimate of drug-likeness (QED) is 0.120. The molecule has 0 radical (unpaired) electrons. The molecule has 0 amide bonds. The molecule has 0 aromatic carbocycles. The van der Waals surface area contributed by atoms with E-state index in [2.05, 4.69) is 0 Å². The lowest BCUT2D eigenvalue weighted by Gasteiger charge is -2.49. The molecule has 0 aromatic rings. The molecular weight excluding hydrogens is 749 g/mol. The highest BCUT2D eigenvalue weighted by Gasteiger charge is 3.02. The molecular formula is C17H5F27O2. The zero-order valence-electron chi connectivity index (χ0n) is 20.2. The summed E-state index contributed by atoms with van der Waals surface area (Å²) in [5.74, 6) is -89.2. The number of rotatable bonds is 11. The SMILES string of the molecule is C=C(C)C(=O)OC(F)(C(F)(F)C(F)(F)C(F)(F)C(F)(F)C(F)(F)C(F)(F)C(F)(F)C(F)(F)F)C(F)(C(F)(F)F)C(F)(F)C(F)(F)F. The number of halogens is 27. The fraction of sp³-hybridized carbons (Fsp3) is 0.824. The summed E-state index contributed by atoms with van der Waals surface area (Å²) in [4.78, 5) is 11.3. The summed E-state index contributed by atoms with van der Waals surface area (Å²) < 4.78 is 365. The summed E-state index contributed by atoms with van der Waals surface area (Å²) in [5, 5.41) is 0. The lowest BCUT2D eigenvalue weighted by atomic mass is 9.78. The highest BCUT2D eigenvalue weighted by atomic mass is 19.4. The highest BCUT2D eigenvalue weighted by molar-refractivity contribution is 5.87. The first-order chi connectivity index (χ1) is 19.3. The van der Waals surface area contributed by atoms with Crippen molar-refractivity contribution in [1.29, 1.82) is 0 Å². The molecule has 0 saturated heterocycles. The third kappa shape index (κ3) is 5.14. The van der Waals surface area contributed by atoms with Gasteiger partial charge in [0.15, 0.2) is 0 Å². The Morgan fingerprint density at radius 3 is 0.848 bits per heavy atom. The van der Waals surface area contributed by atoms with Crippen molar-refractivity contribution < 1.29 is 128 Å². The van der Waals surface area contributed by atoms with Crippen molar-refractivity contribution in [3.8, 4) is 0 Å². The molecule has 0 saturated carbocycles. The summed E-state index contributed by atoms with van der Waals surface area (Å²) in [6.07, 6.45) is -25.8. The van der Waals surface area contributed by atoms with Crippen LogP contribution in [0.25, 0.3) is 0 Å². The first kappa shape index (κ1) is 43.3. The average Bonchev–Trinajstić information content (AvgIpc) is 2.79. The molecule has 0 bridgehead atoms. The largest absolute Gasteiger partial charge is 0.460 e. The van der Waals surface area contributed by atoms with Crippen LogP contribution in [0.1, 0.15) is 6.92 Å². The molecule has 29 heteroatoms. The van der Waals surface area contributed by atoms with E-state index in [1.165, 1.54) is 0 Å². The van der Waals surface area contributed by atoms with Crippen LogP contribution in [-0.4, -0.2) is 83.4 Å². The second kappa shape index (κ2) is 10.7. The van der Waals surface area contributed by atoms with Gasteiger partial charge in [-0.15, -0.1) is 0 Å². The van der Waals surface area contributed by atoms with E-state index in [1.54, 1.807) is 0 Å². The molecule has 46 heavy (non-hydrogen) atoms. The lowest BCUT2D eigenvalue weighted by molar-refractivity contribution is -0.499. The second-order valence-corrected chi connectivity index (χ2v) is 8.51. The summed E-state index contributed by atoms with van der Waals surface area (Å²) in [5.41, 5.74) is -11.7. The van der Waals surface area contributed by atoms with Crippen LogP contribution < -0.4 is 0 Å². The fourth-order valence-electron chi connectivity index (χ4n) is 2.69. The van der Waals surface area contributed by atoms with Crippen molar-refractivity contribution in [3.63, 3.8) is 0 Å². The molecule has 274 valence electrons. The first-order valence-electron chi connectivity index (χ1n) is 9.82. The molecule has 0 fully saturated rings. The Bertz CT molecular complexity index is 1170. The Balaban J connectivity index is 8.29. The van der Waals surface area contributed by atoms with Gasteiger partial charge in [-0.1, -0.05) is 6.58 Å². The van der Waals surface area contributed by atoms with Crippen LogP contribution >= 0.6 is 0 Å². The lowest BCUT2D eigenvalue weighted by Crippen LogP contribution is -2.82. The molecule has 0 spiro atoms.